The molecule has 0 radical (unpaired) electrons. The van der Waals surface area contributed by atoms with Gasteiger partial charge < -0.3 is 9.47 Å². The van der Waals surface area contributed by atoms with E-state index in [1.165, 1.54) is 5.56 Å². The van der Waals surface area contributed by atoms with Crippen molar-refractivity contribution < 1.29 is 14.3 Å². The first kappa shape index (κ1) is 15.0. The van der Waals surface area contributed by atoms with Gasteiger partial charge in [0.25, 0.3) is 0 Å². The molecule has 1 saturated carbocycles. The van der Waals surface area contributed by atoms with Gasteiger partial charge in [-0.3, -0.25) is 4.79 Å². The number of carbonyl (C=O) groups is 1. The second-order valence-corrected chi connectivity index (χ2v) is 5.47. The lowest BCUT2D eigenvalue weighted by Gasteiger charge is -2.26. The van der Waals surface area contributed by atoms with Gasteiger partial charge in [0, 0.05) is 6.61 Å². The molecule has 0 atom stereocenters. The molecule has 1 aliphatic rings. The van der Waals surface area contributed by atoms with Crippen LogP contribution in [0.4, 0.5) is 0 Å². The van der Waals surface area contributed by atoms with E-state index in [-0.39, 0.29) is 11.9 Å². The van der Waals surface area contributed by atoms with Crippen molar-refractivity contribution in [2.75, 3.05) is 13.2 Å². The Balaban J connectivity index is 1.63. The molecule has 0 heterocycles. The molecule has 0 saturated heterocycles. The second kappa shape index (κ2) is 8.05. The highest BCUT2D eigenvalue weighted by Crippen LogP contribution is 2.29. The molecule has 1 fully saturated rings. The lowest BCUT2D eigenvalue weighted by Crippen LogP contribution is -2.25. The lowest BCUT2D eigenvalue weighted by molar-refractivity contribution is -0.149. The van der Waals surface area contributed by atoms with E-state index in [1.807, 2.05) is 25.1 Å². The van der Waals surface area contributed by atoms with Gasteiger partial charge in [0.1, 0.15) is 0 Å². The fraction of sp³-hybridized carbons (Fsp3) is 0.588. The molecule has 0 unspecified atom stereocenters. The van der Waals surface area contributed by atoms with Crippen LogP contribution in [0.3, 0.4) is 0 Å². The zero-order valence-electron chi connectivity index (χ0n) is 12.2. The third kappa shape index (κ3) is 4.64. The maximum Gasteiger partial charge on any atom is 0.308 e. The summed E-state index contributed by atoms with van der Waals surface area (Å²) in [7, 11) is 0. The molecule has 1 aliphatic carbocycles. The Kier molecular flexibility index (Phi) is 6.06. The molecule has 0 aromatic heterocycles. The number of esters is 1. The van der Waals surface area contributed by atoms with Crippen molar-refractivity contribution in [3.8, 4) is 0 Å². The van der Waals surface area contributed by atoms with E-state index in [1.54, 1.807) is 0 Å². The molecule has 1 aromatic rings. The number of ether oxygens (including phenoxy) is 2. The molecular weight excluding hydrogens is 252 g/mol. The number of hydrogen-bond acceptors (Lipinski definition) is 3. The Bertz CT molecular complexity index is 394. The quantitative estimate of drug-likeness (QED) is 0.745. The first-order valence-corrected chi connectivity index (χ1v) is 7.58. The Morgan fingerprint density at radius 3 is 2.50 bits per heavy atom. The summed E-state index contributed by atoms with van der Waals surface area (Å²) in [5.74, 6) is 0.681. The average Bonchev–Trinajstić information content (AvgIpc) is 2.49. The summed E-state index contributed by atoms with van der Waals surface area (Å²) in [6.45, 7) is 3.82. The smallest absolute Gasteiger partial charge is 0.308 e. The molecule has 3 nitrogen and oxygen atoms in total. The molecule has 0 aliphatic heterocycles. The summed E-state index contributed by atoms with van der Waals surface area (Å²) in [4.78, 5) is 11.7. The van der Waals surface area contributed by atoms with Crippen molar-refractivity contribution in [2.45, 2.75) is 39.2 Å². The molecule has 20 heavy (non-hydrogen) atoms. The molecule has 2 rings (SSSR count). The van der Waals surface area contributed by atoms with Crippen molar-refractivity contribution in [1.82, 2.24) is 0 Å². The van der Waals surface area contributed by atoms with E-state index < -0.39 is 0 Å². The molecule has 0 spiro atoms. The summed E-state index contributed by atoms with van der Waals surface area (Å²) < 4.78 is 10.9. The van der Waals surface area contributed by atoms with Crippen LogP contribution in [-0.2, 0) is 20.9 Å². The average molecular weight is 276 g/mol. The minimum absolute atomic E-state index is 0.0175. The largest absolute Gasteiger partial charge is 0.466 e. The normalized spacial score (nSPS) is 22.4. The van der Waals surface area contributed by atoms with Gasteiger partial charge in [0.2, 0.25) is 0 Å². The van der Waals surface area contributed by atoms with Crippen LogP contribution in [0.25, 0.3) is 0 Å². The molecule has 0 bridgehead atoms. The highest BCUT2D eigenvalue weighted by atomic mass is 16.5. The number of carbonyl (C=O) groups excluding carboxylic acids is 1. The van der Waals surface area contributed by atoms with Gasteiger partial charge in [-0.15, -0.1) is 0 Å². The molecule has 3 heteroatoms. The van der Waals surface area contributed by atoms with E-state index in [4.69, 9.17) is 9.47 Å². The lowest BCUT2D eigenvalue weighted by atomic mass is 9.82. The van der Waals surface area contributed by atoms with Gasteiger partial charge in [-0.1, -0.05) is 30.3 Å². The summed E-state index contributed by atoms with van der Waals surface area (Å²) in [5.41, 5.74) is 1.22. The summed E-state index contributed by atoms with van der Waals surface area (Å²) in [5, 5.41) is 0. The summed E-state index contributed by atoms with van der Waals surface area (Å²) in [6.07, 6.45) is 4.02. The highest BCUT2D eigenvalue weighted by Gasteiger charge is 2.27. The van der Waals surface area contributed by atoms with Crippen molar-refractivity contribution in [3.05, 3.63) is 35.9 Å². The van der Waals surface area contributed by atoms with Crippen LogP contribution in [-0.4, -0.2) is 19.2 Å². The topological polar surface area (TPSA) is 35.5 Å². The predicted octanol–water partition coefficient (Wildman–Crippen LogP) is 3.57. The summed E-state index contributed by atoms with van der Waals surface area (Å²) >= 11 is 0. The van der Waals surface area contributed by atoms with Crippen molar-refractivity contribution in [1.29, 1.82) is 0 Å². The van der Waals surface area contributed by atoms with Crippen LogP contribution in [0.2, 0.25) is 0 Å². The Hall–Kier alpha value is -1.35. The molecule has 0 amide bonds. The van der Waals surface area contributed by atoms with Crippen LogP contribution >= 0.6 is 0 Å². The van der Waals surface area contributed by atoms with Gasteiger partial charge in [0.15, 0.2) is 0 Å². The fourth-order valence-electron chi connectivity index (χ4n) is 2.74. The Morgan fingerprint density at radius 1 is 1.15 bits per heavy atom. The van der Waals surface area contributed by atoms with Crippen LogP contribution in [0.15, 0.2) is 30.3 Å². The minimum Gasteiger partial charge on any atom is -0.466 e. The van der Waals surface area contributed by atoms with Crippen LogP contribution in [0.5, 0.6) is 0 Å². The second-order valence-electron chi connectivity index (χ2n) is 5.47. The SMILES string of the molecule is CCOC(=O)C1CCC(COCc2ccccc2)CC1. The third-order valence-electron chi connectivity index (χ3n) is 3.93. The number of benzene rings is 1. The van der Waals surface area contributed by atoms with E-state index >= 15 is 0 Å². The fourth-order valence-corrected chi connectivity index (χ4v) is 2.74. The van der Waals surface area contributed by atoms with E-state index in [9.17, 15) is 4.79 Å². The predicted molar refractivity (Wildman–Crippen MR) is 78.2 cm³/mol. The molecule has 110 valence electrons. The van der Waals surface area contributed by atoms with Gasteiger partial charge in [-0.25, -0.2) is 0 Å². The Morgan fingerprint density at radius 2 is 1.85 bits per heavy atom. The van der Waals surface area contributed by atoms with Crippen molar-refractivity contribution in [3.63, 3.8) is 0 Å². The zero-order valence-corrected chi connectivity index (χ0v) is 12.2. The highest BCUT2D eigenvalue weighted by molar-refractivity contribution is 5.72. The standard InChI is InChI=1S/C17H24O3/c1-2-20-17(18)16-10-8-15(9-11-16)13-19-12-14-6-4-3-5-7-14/h3-7,15-16H,2,8-13H2,1H3. The maximum absolute atomic E-state index is 11.7. The maximum atomic E-state index is 11.7. The van der Waals surface area contributed by atoms with Crippen LogP contribution < -0.4 is 0 Å². The van der Waals surface area contributed by atoms with E-state index in [0.29, 0.717) is 19.1 Å². The molecule has 0 N–H and O–H groups in total. The Labute approximate surface area is 121 Å². The van der Waals surface area contributed by atoms with Gasteiger partial charge >= 0.3 is 5.97 Å². The molecular formula is C17H24O3. The first-order valence-electron chi connectivity index (χ1n) is 7.58. The van der Waals surface area contributed by atoms with Gasteiger partial charge in [-0.2, -0.15) is 0 Å². The minimum atomic E-state index is -0.0175. The van der Waals surface area contributed by atoms with Crippen LogP contribution in [0, 0.1) is 11.8 Å². The van der Waals surface area contributed by atoms with Crippen molar-refractivity contribution in [2.24, 2.45) is 11.8 Å². The number of hydrogen-bond donors (Lipinski definition) is 0. The van der Waals surface area contributed by atoms with Crippen molar-refractivity contribution >= 4 is 5.97 Å². The van der Waals surface area contributed by atoms with E-state index in [2.05, 4.69) is 12.1 Å². The van der Waals surface area contributed by atoms with Gasteiger partial charge in [0.05, 0.1) is 19.1 Å². The first-order chi connectivity index (χ1) is 9.79. The number of rotatable bonds is 6. The third-order valence-corrected chi connectivity index (χ3v) is 3.93. The summed E-state index contributed by atoms with van der Waals surface area (Å²) in [6, 6.07) is 10.2. The molecule has 1 aromatic carbocycles. The zero-order chi connectivity index (χ0) is 14.2. The van der Waals surface area contributed by atoms with Crippen LogP contribution in [0.1, 0.15) is 38.2 Å². The van der Waals surface area contributed by atoms with E-state index in [0.717, 1.165) is 32.3 Å². The van der Waals surface area contributed by atoms with Gasteiger partial charge in [-0.05, 0) is 44.1 Å². The monoisotopic (exact) mass is 276 g/mol.